The van der Waals surface area contributed by atoms with Crippen LogP contribution in [0.25, 0.3) is 16.9 Å². The number of allylic oxidation sites excluding steroid dienone is 2. The van der Waals surface area contributed by atoms with Crippen LogP contribution in [0.5, 0.6) is 0 Å². The van der Waals surface area contributed by atoms with Gasteiger partial charge < -0.3 is 5.53 Å². The Morgan fingerprint density at radius 3 is 1.32 bits per heavy atom. The molecule has 2 aromatic carbocycles. The number of nitrogens with zero attached hydrogens (tertiary/aromatic N) is 2. The first-order valence-electron chi connectivity index (χ1n) is 17.1. The van der Waals surface area contributed by atoms with Gasteiger partial charge in [-0.2, -0.15) is 0 Å². The summed E-state index contributed by atoms with van der Waals surface area (Å²) in [4.78, 5) is 0. The Hall–Kier alpha value is -2.48. The van der Waals surface area contributed by atoms with Crippen LogP contribution in [-0.2, 0) is 12.8 Å². The van der Waals surface area contributed by atoms with E-state index in [4.69, 9.17) is 0 Å². The molecular formula is C39H58N2. The lowest BCUT2D eigenvalue weighted by Gasteiger charge is -2.13. The van der Waals surface area contributed by atoms with Crippen molar-refractivity contribution in [1.29, 1.82) is 0 Å². The highest BCUT2D eigenvalue weighted by Crippen LogP contribution is 2.45. The van der Waals surface area contributed by atoms with Gasteiger partial charge >= 0.3 is 0 Å². The van der Waals surface area contributed by atoms with E-state index in [-0.39, 0.29) is 0 Å². The number of hydrogen-bond donors (Lipinski definition) is 0. The molecule has 0 unspecified atom stereocenters. The van der Waals surface area contributed by atoms with E-state index in [2.05, 4.69) is 77.9 Å². The second-order valence-corrected chi connectivity index (χ2v) is 12.6. The van der Waals surface area contributed by atoms with E-state index in [0.29, 0.717) is 0 Å². The summed E-state index contributed by atoms with van der Waals surface area (Å²) in [6.45, 7) is 13.5. The fourth-order valence-corrected chi connectivity index (χ4v) is 6.47. The van der Waals surface area contributed by atoms with E-state index < -0.39 is 0 Å². The topological polar surface area (TPSA) is 25.3 Å². The van der Waals surface area contributed by atoms with Crippen molar-refractivity contribution in [1.82, 2.24) is 0 Å². The molecule has 1 aliphatic rings. The SMILES string of the molecule is CCCCCCCCC1=C(c2cc(C)cc(CCCC)c2)[N+](=[N-])C(c2cc(C)cc(CCCC)c2)=C1CCCCC. The third kappa shape index (κ3) is 9.52. The summed E-state index contributed by atoms with van der Waals surface area (Å²) in [5.74, 6) is 0. The van der Waals surface area contributed by atoms with Crippen molar-refractivity contribution in [3.63, 3.8) is 0 Å². The molecular weight excluding hydrogens is 496 g/mol. The van der Waals surface area contributed by atoms with Crippen LogP contribution in [0.3, 0.4) is 0 Å². The number of benzene rings is 2. The molecule has 41 heavy (non-hydrogen) atoms. The van der Waals surface area contributed by atoms with Crippen LogP contribution in [0, 0.1) is 13.8 Å². The maximum absolute atomic E-state index is 12.2. The highest BCUT2D eigenvalue weighted by atomic mass is 15.2. The van der Waals surface area contributed by atoms with Crippen LogP contribution in [0.15, 0.2) is 47.5 Å². The molecule has 0 bridgehead atoms. The van der Waals surface area contributed by atoms with Crippen molar-refractivity contribution in [2.24, 2.45) is 0 Å². The van der Waals surface area contributed by atoms with E-state index in [0.717, 1.165) is 37.1 Å². The molecule has 0 fully saturated rings. The lowest BCUT2D eigenvalue weighted by atomic mass is 9.90. The molecule has 0 aromatic heterocycles. The average molecular weight is 555 g/mol. The van der Waals surface area contributed by atoms with Gasteiger partial charge in [0.25, 0.3) is 0 Å². The minimum Gasteiger partial charge on any atom is -0.493 e. The van der Waals surface area contributed by atoms with Gasteiger partial charge in [0.1, 0.15) is 0 Å². The molecule has 0 amide bonds. The molecule has 2 heteroatoms. The Bertz CT molecular complexity index is 1200. The molecule has 0 atom stereocenters. The largest absolute Gasteiger partial charge is 0.493 e. The average Bonchev–Trinajstić information content (AvgIpc) is 3.22. The van der Waals surface area contributed by atoms with Gasteiger partial charge in [-0.1, -0.05) is 109 Å². The Morgan fingerprint density at radius 2 is 0.854 bits per heavy atom. The summed E-state index contributed by atoms with van der Waals surface area (Å²) in [5, 5.41) is 0. The summed E-state index contributed by atoms with van der Waals surface area (Å²) < 4.78 is 1.60. The van der Waals surface area contributed by atoms with Crippen LogP contribution in [0.1, 0.15) is 157 Å². The highest BCUT2D eigenvalue weighted by Gasteiger charge is 2.35. The zero-order valence-corrected chi connectivity index (χ0v) is 27.4. The molecule has 0 saturated carbocycles. The predicted octanol–water partition coefficient (Wildman–Crippen LogP) is 12.5. The van der Waals surface area contributed by atoms with Gasteiger partial charge in [-0.3, -0.25) is 0 Å². The van der Waals surface area contributed by atoms with Crippen LogP contribution in [0.2, 0.25) is 0 Å². The first-order chi connectivity index (χ1) is 19.9. The monoisotopic (exact) mass is 554 g/mol. The fourth-order valence-electron chi connectivity index (χ4n) is 6.47. The van der Waals surface area contributed by atoms with Gasteiger partial charge in [0.2, 0.25) is 11.4 Å². The van der Waals surface area contributed by atoms with Gasteiger partial charge in [0.15, 0.2) is 0 Å². The molecule has 1 heterocycles. The molecule has 224 valence electrons. The normalized spacial score (nSPS) is 13.7. The van der Waals surface area contributed by atoms with E-state index in [1.807, 2.05) is 0 Å². The number of hydrogen-bond acceptors (Lipinski definition) is 0. The van der Waals surface area contributed by atoms with Crippen LogP contribution < -0.4 is 0 Å². The molecule has 2 aromatic rings. The van der Waals surface area contributed by atoms with E-state index >= 15 is 0 Å². The van der Waals surface area contributed by atoms with Gasteiger partial charge in [-0.05, 0) is 101 Å². The van der Waals surface area contributed by atoms with Crippen LogP contribution in [0.4, 0.5) is 0 Å². The zero-order chi connectivity index (χ0) is 29.6. The zero-order valence-electron chi connectivity index (χ0n) is 27.4. The Balaban J connectivity index is 2.12. The summed E-state index contributed by atoms with van der Waals surface area (Å²) in [6.07, 6.45) is 20.4. The maximum Gasteiger partial charge on any atom is 0.211 e. The predicted molar refractivity (Wildman–Crippen MR) is 179 cm³/mol. The van der Waals surface area contributed by atoms with Crippen molar-refractivity contribution < 1.29 is 4.70 Å². The first kappa shape index (κ1) is 33.0. The van der Waals surface area contributed by atoms with Crippen molar-refractivity contribution in [3.05, 3.63) is 86.5 Å². The van der Waals surface area contributed by atoms with Crippen molar-refractivity contribution in [2.75, 3.05) is 0 Å². The van der Waals surface area contributed by atoms with Gasteiger partial charge in [-0.15, -0.1) is 0 Å². The van der Waals surface area contributed by atoms with Gasteiger partial charge in [0.05, 0.1) is 0 Å². The van der Waals surface area contributed by atoms with E-state index in [1.165, 1.54) is 128 Å². The molecule has 0 saturated heterocycles. The third-order valence-corrected chi connectivity index (χ3v) is 8.63. The number of aryl methyl sites for hydroxylation is 4. The lowest BCUT2D eigenvalue weighted by molar-refractivity contribution is -0.345. The number of rotatable bonds is 19. The summed E-state index contributed by atoms with van der Waals surface area (Å²) >= 11 is 0. The molecule has 1 aliphatic heterocycles. The van der Waals surface area contributed by atoms with Crippen molar-refractivity contribution >= 4 is 11.4 Å². The molecule has 0 N–H and O–H groups in total. The minimum atomic E-state index is 1.03. The molecule has 0 aliphatic carbocycles. The molecule has 3 rings (SSSR count). The van der Waals surface area contributed by atoms with Crippen LogP contribution in [-0.4, -0.2) is 4.70 Å². The quantitative estimate of drug-likeness (QED) is 0.122. The smallest absolute Gasteiger partial charge is 0.211 e. The lowest BCUT2D eigenvalue weighted by Crippen LogP contribution is -2.04. The van der Waals surface area contributed by atoms with Crippen molar-refractivity contribution in [2.45, 2.75) is 151 Å². The molecule has 0 spiro atoms. The first-order valence-corrected chi connectivity index (χ1v) is 17.1. The second-order valence-electron chi connectivity index (χ2n) is 12.6. The standard InChI is InChI=1S/C39H58N2/c1-7-11-15-16-17-19-23-37-36(22-18-12-8-2)38(34-26-30(5)24-32(28-34)20-13-9-3)41(40)39(37)35-27-31(6)25-33(29-35)21-14-10-4/h24-29H,7-23H2,1-6H3. The van der Waals surface area contributed by atoms with E-state index in [1.54, 1.807) is 4.70 Å². The molecule has 0 radical (unpaired) electrons. The number of unbranched alkanes of at least 4 members (excludes halogenated alkanes) is 9. The Labute approximate surface area is 252 Å². The Morgan fingerprint density at radius 1 is 0.463 bits per heavy atom. The Kier molecular flexibility index (Phi) is 14.1. The molecule has 2 nitrogen and oxygen atoms in total. The van der Waals surface area contributed by atoms with Gasteiger partial charge in [-0.25, -0.2) is 4.70 Å². The maximum atomic E-state index is 12.2. The van der Waals surface area contributed by atoms with Crippen LogP contribution >= 0.6 is 0 Å². The highest BCUT2D eigenvalue weighted by molar-refractivity contribution is 5.82. The van der Waals surface area contributed by atoms with Gasteiger partial charge in [0, 0.05) is 22.3 Å². The minimum absolute atomic E-state index is 1.03. The summed E-state index contributed by atoms with van der Waals surface area (Å²) in [5.41, 5.74) is 24.7. The summed E-state index contributed by atoms with van der Waals surface area (Å²) in [6, 6.07) is 14.0. The fraction of sp³-hybridized carbons (Fsp3) is 0.590. The third-order valence-electron chi connectivity index (χ3n) is 8.63. The van der Waals surface area contributed by atoms with Crippen molar-refractivity contribution in [3.8, 4) is 0 Å². The van der Waals surface area contributed by atoms with E-state index in [9.17, 15) is 5.53 Å². The summed E-state index contributed by atoms with van der Waals surface area (Å²) in [7, 11) is 0. The second kappa shape index (κ2) is 17.5.